The van der Waals surface area contributed by atoms with Crippen molar-refractivity contribution in [3.63, 3.8) is 0 Å². The second-order valence-electron chi connectivity index (χ2n) is 6.17. The number of hydrogen-bond acceptors (Lipinski definition) is 5. The molecule has 0 fully saturated rings. The Hall–Kier alpha value is -3.35. The number of rotatable bonds is 8. The zero-order valence-corrected chi connectivity index (χ0v) is 16.5. The second kappa shape index (κ2) is 10.1. The van der Waals surface area contributed by atoms with Crippen LogP contribution < -0.4 is 20.2 Å². The van der Waals surface area contributed by atoms with E-state index in [1.54, 1.807) is 25.3 Å². The number of carbonyl (C=O) groups excluding carboxylic acids is 2. The first-order valence-electron chi connectivity index (χ1n) is 8.85. The lowest BCUT2D eigenvalue weighted by atomic mass is 10.1. The molecule has 0 bridgehead atoms. The van der Waals surface area contributed by atoms with E-state index in [4.69, 9.17) is 9.47 Å². The van der Waals surface area contributed by atoms with Crippen molar-refractivity contribution in [1.82, 2.24) is 5.43 Å². The quantitative estimate of drug-likeness (QED) is 0.541. The van der Waals surface area contributed by atoms with Crippen LogP contribution in [0.2, 0.25) is 0 Å². The highest BCUT2D eigenvalue weighted by Gasteiger charge is 2.10. The minimum atomic E-state index is -0.353. The number of methoxy groups -OCH3 is 2. The third-order valence-corrected chi connectivity index (χ3v) is 4.28. The number of benzene rings is 2. The van der Waals surface area contributed by atoms with Crippen LogP contribution in [-0.2, 0) is 9.59 Å². The van der Waals surface area contributed by atoms with Crippen LogP contribution >= 0.6 is 0 Å². The predicted octanol–water partition coefficient (Wildman–Crippen LogP) is 3.19. The molecule has 28 heavy (non-hydrogen) atoms. The Labute approximate surface area is 164 Å². The Bertz CT molecular complexity index is 878. The van der Waals surface area contributed by atoms with Crippen molar-refractivity contribution in [3.05, 3.63) is 53.1 Å². The summed E-state index contributed by atoms with van der Waals surface area (Å²) in [5.74, 6) is 0.522. The Morgan fingerprint density at radius 3 is 2.43 bits per heavy atom. The molecule has 0 spiro atoms. The number of para-hydroxylation sites is 1. The lowest BCUT2D eigenvalue weighted by Gasteiger charge is -2.10. The maximum Gasteiger partial charge on any atom is 0.240 e. The van der Waals surface area contributed by atoms with E-state index in [1.807, 2.05) is 32.0 Å². The van der Waals surface area contributed by atoms with Gasteiger partial charge in [-0.3, -0.25) is 9.59 Å². The van der Waals surface area contributed by atoms with Gasteiger partial charge < -0.3 is 14.8 Å². The maximum absolute atomic E-state index is 12.1. The first kappa shape index (κ1) is 21.0. The summed E-state index contributed by atoms with van der Waals surface area (Å²) in [5.41, 5.74) is 5.94. The molecule has 0 atom stereocenters. The smallest absolute Gasteiger partial charge is 0.240 e. The second-order valence-corrected chi connectivity index (χ2v) is 6.17. The summed E-state index contributed by atoms with van der Waals surface area (Å²) in [7, 11) is 3.08. The molecule has 0 aliphatic heterocycles. The molecule has 148 valence electrons. The van der Waals surface area contributed by atoms with E-state index in [2.05, 4.69) is 15.8 Å². The summed E-state index contributed by atoms with van der Waals surface area (Å²) in [4.78, 5) is 24.0. The third-order valence-electron chi connectivity index (χ3n) is 4.28. The van der Waals surface area contributed by atoms with E-state index >= 15 is 0 Å². The highest BCUT2D eigenvalue weighted by Crippen LogP contribution is 2.29. The lowest BCUT2D eigenvalue weighted by Crippen LogP contribution is -2.21. The van der Waals surface area contributed by atoms with Crippen molar-refractivity contribution in [2.45, 2.75) is 26.7 Å². The number of nitrogens with one attached hydrogen (secondary N) is 2. The van der Waals surface area contributed by atoms with Crippen molar-refractivity contribution >= 4 is 23.7 Å². The van der Waals surface area contributed by atoms with Gasteiger partial charge in [-0.05, 0) is 43.2 Å². The minimum Gasteiger partial charge on any atom is -0.493 e. The molecule has 0 aliphatic rings. The van der Waals surface area contributed by atoms with E-state index in [1.165, 1.54) is 13.3 Å². The number of aryl methyl sites for hydroxylation is 1. The summed E-state index contributed by atoms with van der Waals surface area (Å²) < 4.78 is 10.5. The number of carbonyl (C=O) groups is 2. The van der Waals surface area contributed by atoms with E-state index < -0.39 is 0 Å². The molecule has 2 aromatic carbocycles. The molecule has 2 aromatic rings. The van der Waals surface area contributed by atoms with Crippen LogP contribution in [0.15, 0.2) is 41.5 Å². The maximum atomic E-state index is 12.1. The van der Waals surface area contributed by atoms with E-state index in [9.17, 15) is 9.59 Å². The summed E-state index contributed by atoms with van der Waals surface area (Å²) in [6.45, 7) is 3.92. The molecule has 0 unspecified atom stereocenters. The largest absolute Gasteiger partial charge is 0.493 e. The standard InChI is InChI=1S/C21H25N3O4/c1-14-7-5-9-17(15(14)2)23-19(25)11-12-20(26)24-22-13-16-8-6-10-18(27-3)21(16)28-4/h5-10,13H,11-12H2,1-4H3,(H,23,25)(H,24,26). The first-order chi connectivity index (χ1) is 13.5. The van der Waals surface area contributed by atoms with Crippen molar-refractivity contribution in [3.8, 4) is 11.5 Å². The molecule has 0 heterocycles. The highest BCUT2D eigenvalue weighted by atomic mass is 16.5. The van der Waals surface area contributed by atoms with Crippen LogP contribution in [0.1, 0.15) is 29.5 Å². The van der Waals surface area contributed by atoms with E-state index in [-0.39, 0.29) is 24.7 Å². The first-order valence-corrected chi connectivity index (χ1v) is 8.85. The molecular formula is C21H25N3O4. The lowest BCUT2D eigenvalue weighted by molar-refractivity contribution is -0.124. The van der Waals surface area contributed by atoms with Gasteiger partial charge in [-0.15, -0.1) is 0 Å². The van der Waals surface area contributed by atoms with Gasteiger partial charge in [-0.2, -0.15) is 5.10 Å². The van der Waals surface area contributed by atoms with Crippen molar-refractivity contribution < 1.29 is 19.1 Å². The number of ether oxygens (including phenoxy) is 2. The number of amides is 2. The van der Waals surface area contributed by atoms with Gasteiger partial charge in [-0.1, -0.05) is 18.2 Å². The molecule has 7 heteroatoms. The average molecular weight is 383 g/mol. The van der Waals surface area contributed by atoms with Crippen molar-refractivity contribution in [1.29, 1.82) is 0 Å². The fraction of sp³-hybridized carbons (Fsp3) is 0.286. The number of anilines is 1. The van der Waals surface area contributed by atoms with Crippen LogP contribution in [0.5, 0.6) is 11.5 Å². The van der Waals surface area contributed by atoms with E-state index in [0.717, 1.165) is 16.8 Å². The van der Waals surface area contributed by atoms with Gasteiger partial charge in [-0.25, -0.2) is 5.43 Å². The zero-order chi connectivity index (χ0) is 20.5. The van der Waals surface area contributed by atoms with Gasteiger partial charge in [0.15, 0.2) is 11.5 Å². The average Bonchev–Trinajstić information content (AvgIpc) is 2.69. The minimum absolute atomic E-state index is 0.0310. The molecule has 2 rings (SSSR count). The van der Waals surface area contributed by atoms with Gasteiger partial charge in [0.05, 0.1) is 20.4 Å². The normalized spacial score (nSPS) is 10.6. The fourth-order valence-corrected chi connectivity index (χ4v) is 2.57. The van der Waals surface area contributed by atoms with Gasteiger partial charge >= 0.3 is 0 Å². The number of hydrazone groups is 1. The van der Waals surface area contributed by atoms with Gasteiger partial charge in [0, 0.05) is 24.1 Å². The van der Waals surface area contributed by atoms with Crippen molar-refractivity contribution in [2.75, 3.05) is 19.5 Å². The summed E-state index contributed by atoms with van der Waals surface area (Å²) in [5, 5.41) is 6.75. The molecule has 0 radical (unpaired) electrons. The molecular weight excluding hydrogens is 358 g/mol. The summed E-state index contributed by atoms with van der Waals surface area (Å²) in [6.07, 6.45) is 1.57. The van der Waals surface area contributed by atoms with Gasteiger partial charge in [0.1, 0.15) is 0 Å². The Kier molecular flexibility index (Phi) is 7.56. The molecule has 0 aliphatic carbocycles. The van der Waals surface area contributed by atoms with E-state index in [0.29, 0.717) is 17.1 Å². The topological polar surface area (TPSA) is 89.0 Å². The monoisotopic (exact) mass is 383 g/mol. The summed E-state index contributed by atoms with van der Waals surface area (Å²) >= 11 is 0. The SMILES string of the molecule is COc1cccc(C=NNC(=O)CCC(=O)Nc2cccc(C)c2C)c1OC. The summed E-state index contributed by atoms with van der Waals surface area (Å²) in [6, 6.07) is 11.0. The molecule has 0 saturated carbocycles. The van der Waals surface area contributed by atoms with Crippen LogP contribution in [-0.4, -0.2) is 32.2 Å². The molecule has 2 N–H and O–H groups in total. The van der Waals surface area contributed by atoms with Crippen LogP contribution in [0, 0.1) is 13.8 Å². The Morgan fingerprint density at radius 1 is 1.00 bits per heavy atom. The Morgan fingerprint density at radius 2 is 1.71 bits per heavy atom. The molecule has 7 nitrogen and oxygen atoms in total. The molecule has 2 amide bonds. The highest BCUT2D eigenvalue weighted by molar-refractivity contribution is 5.94. The van der Waals surface area contributed by atoms with Crippen LogP contribution in [0.3, 0.4) is 0 Å². The number of hydrogen-bond donors (Lipinski definition) is 2. The van der Waals surface area contributed by atoms with Crippen molar-refractivity contribution in [2.24, 2.45) is 5.10 Å². The molecule has 0 aromatic heterocycles. The molecule has 0 saturated heterocycles. The predicted molar refractivity (Wildman–Crippen MR) is 109 cm³/mol. The van der Waals surface area contributed by atoms with Gasteiger partial charge in [0.2, 0.25) is 11.8 Å². The number of nitrogens with zero attached hydrogens (tertiary/aromatic N) is 1. The fourth-order valence-electron chi connectivity index (χ4n) is 2.57. The third kappa shape index (κ3) is 5.57. The van der Waals surface area contributed by atoms with Gasteiger partial charge in [0.25, 0.3) is 0 Å². The van der Waals surface area contributed by atoms with Crippen LogP contribution in [0.25, 0.3) is 0 Å². The zero-order valence-electron chi connectivity index (χ0n) is 16.5. The van der Waals surface area contributed by atoms with Crippen LogP contribution in [0.4, 0.5) is 5.69 Å². The Balaban J connectivity index is 1.85.